The maximum absolute atomic E-state index is 11.7. The number of ether oxygens (including phenoxy) is 3. The van der Waals surface area contributed by atoms with Gasteiger partial charge in [-0.15, -0.1) is 0 Å². The second-order valence-corrected chi connectivity index (χ2v) is 6.99. The van der Waals surface area contributed by atoms with E-state index in [1.165, 1.54) is 6.33 Å². The third-order valence-corrected chi connectivity index (χ3v) is 4.84. The number of carbonyl (C=O) groups is 2. The molecule has 1 saturated heterocycles. The number of carboxylic acids is 1. The summed E-state index contributed by atoms with van der Waals surface area (Å²) < 4.78 is 17.9. The maximum Gasteiger partial charge on any atom is 0.508 e. The number of nitrogens with zero attached hydrogens (tertiary/aromatic N) is 3. The Morgan fingerprint density at radius 1 is 1.21 bits per heavy atom. The number of anilines is 1. The van der Waals surface area contributed by atoms with Crippen molar-refractivity contribution in [1.29, 1.82) is 0 Å². The average Bonchev–Trinajstić information content (AvgIpc) is 3.32. The molecular weight excluding hydrogens is 380 g/mol. The van der Waals surface area contributed by atoms with Crippen LogP contribution in [-0.2, 0) is 19.0 Å². The van der Waals surface area contributed by atoms with Gasteiger partial charge in [-0.2, -0.15) is 5.10 Å². The van der Waals surface area contributed by atoms with E-state index in [1.54, 1.807) is 4.52 Å². The van der Waals surface area contributed by atoms with E-state index >= 15 is 0 Å². The van der Waals surface area contributed by atoms with E-state index in [-0.39, 0.29) is 31.8 Å². The van der Waals surface area contributed by atoms with Crippen LogP contribution in [0.5, 0.6) is 0 Å². The molecule has 29 heavy (non-hydrogen) atoms. The molecule has 1 fully saturated rings. The number of aliphatic carboxylic acids is 1. The van der Waals surface area contributed by atoms with Crippen LogP contribution in [0.3, 0.4) is 0 Å². The summed E-state index contributed by atoms with van der Waals surface area (Å²) >= 11 is 0. The van der Waals surface area contributed by atoms with Crippen LogP contribution < -0.4 is 5.73 Å². The topological polar surface area (TPSA) is 138 Å². The number of carbonyl (C=O) groups excluding carboxylic acids is 1. The third-order valence-electron chi connectivity index (χ3n) is 4.84. The second kappa shape index (κ2) is 10.1. The van der Waals surface area contributed by atoms with Crippen LogP contribution in [0.2, 0.25) is 0 Å². The Balaban J connectivity index is 1.33. The monoisotopic (exact) mass is 406 g/mol. The fourth-order valence-corrected chi connectivity index (χ4v) is 3.35. The van der Waals surface area contributed by atoms with Crippen molar-refractivity contribution in [3.63, 3.8) is 0 Å². The van der Waals surface area contributed by atoms with Gasteiger partial charge in [-0.3, -0.25) is 4.79 Å². The highest BCUT2D eigenvalue weighted by Gasteiger charge is 2.30. The third kappa shape index (κ3) is 5.80. The summed E-state index contributed by atoms with van der Waals surface area (Å²) in [6, 6.07) is 3.77. The first-order valence-corrected chi connectivity index (χ1v) is 9.79. The Hall–Kier alpha value is -2.88. The van der Waals surface area contributed by atoms with E-state index in [4.69, 9.17) is 25.1 Å². The highest BCUT2D eigenvalue weighted by molar-refractivity contribution is 5.66. The molecule has 0 amide bonds. The van der Waals surface area contributed by atoms with Gasteiger partial charge in [0.05, 0.1) is 18.4 Å². The number of unbranched alkanes of at least 4 members (excludes halogenated alkanes) is 3. The lowest BCUT2D eigenvalue weighted by Crippen LogP contribution is -2.19. The minimum Gasteiger partial charge on any atom is -0.481 e. The number of hydrogen-bond donors (Lipinski definition) is 2. The van der Waals surface area contributed by atoms with Gasteiger partial charge in [0.25, 0.3) is 0 Å². The quantitative estimate of drug-likeness (QED) is 0.450. The van der Waals surface area contributed by atoms with Gasteiger partial charge < -0.3 is 25.1 Å². The first-order chi connectivity index (χ1) is 14.0. The number of rotatable bonds is 10. The first-order valence-electron chi connectivity index (χ1n) is 9.79. The van der Waals surface area contributed by atoms with Crippen molar-refractivity contribution in [2.75, 3.05) is 18.9 Å². The van der Waals surface area contributed by atoms with Crippen molar-refractivity contribution in [3.8, 4) is 0 Å². The van der Waals surface area contributed by atoms with Crippen LogP contribution in [0.4, 0.5) is 10.6 Å². The lowest BCUT2D eigenvalue weighted by molar-refractivity contribution is -0.137. The highest BCUT2D eigenvalue weighted by Crippen LogP contribution is 2.33. The molecule has 0 unspecified atom stereocenters. The van der Waals surface area contributed by atoms with Gasteiger partial charge in [0.1, 0.15) is 24.6 Å². The van der Waals surface area contributed by atoms with Gasteiger partial charge in [-0.25, -0.2) is 14.3 Å². The fourth-order valence-electron chi connectivity index (χ4n) is 3.35. The zero-order chi connectivity index (χ0) is 20.6. The van der Waals surface area contributed by atoms with E-state index < -0.39 is 12.1 Å². The maximum atomic E-state index is 11.7. The molecule has 0 radical (unpaired) electrons. The van der Waals surface area contributed by atoms with E-state index in [9.17, 15) is 9.59 Å². The summed E-state index contributed by atoms with van der Waals surface area (Å²) in [5, 5.41) is 12.8. The van der Waals surface area contributed by atoms with Crippen LogP contribution in [-0.4, -0.2) is 51.1 Å². The Bertz CT molecular complexity index is 839. The molecule has 10 heteroatoms. The zero-order valence-corrected chi connectivity index (χ0v) is 16.2. The molecule has 158 valence electrons. The molecule has 2 atom stereocenters. The summed E-state index contributed by atoms with van der Waals surface area (Å²) in [6.45, 7) is 0.395. The van der Waals surface area contributed by atoms with Gasteiger partial charge in [-0.05, 0) is 37.8 Å². The van der Waals surface area contributed by atoms with E-state index in [0.29, 0.717) is 18.7 Å². The molecular formula is C19H26N4O6. The van der Waals surface area contributed by atoms with Crippen LogP contribution in [0.25, 0.3) is 5.52 Å². The summed E-state index contributed by atoms with van der Waals surface area (Å²) in [5.74, 6) is -0.377. The van der Waals surface area contributed by atoms with Gasteiger partial charge >= 0.3 is 12.1 Å². The highest BCUT2D eigenvalue weighted by atomic mass is 16.7. The molecule has 3 rings (SSSR count). The number of nitrogens with two attached hydrogens (primary N) is 1. The van der Waals surface area contributed by atoms with Gasteiger partial charge in [0.15, 0.2) is 5.82 Å². The van der Waals surface area contributed by atoms with Crippen molar-refractivity contribution in [2.45, 2.75) is 57.2 Å². The van der Waals surface area contributed by atoms with Crippen molar-refractivity contribution in [1.82, 2.24) is 14.6 Å². The van der Waals surface area contributed by atoms with Crippen molar-refractivity contribution < 1.29 is 28.9 Å². The number of fused-ring (bicyclic) bond motifs is 1. The molecule has 2 aromatic rings. The molecule has 0 aliphatic carbocycles. The number of carboxylic acid groups (broad SMARTS) is 1. The molecule has 2 aromatic heterocycles. The minimum atomic E-state index is -0.788. The molecule has 0 saturated carbocycles. The van der Waals surface area contributed by atoms with E-state index in [1.807, 2.05) is 12.1 Å². The number of hydrogen-bond acceptors (Lipinski definition) is 8. The summed E-state index contributed by atoms with van der Waals surface area (Å²) in [7, 11) is 0. The predicted octanol–water partition coefficient (Wildman–Crippen LogP) is 2.72. The molecule has 1 aliphatic heterocycles. The van der Waals surface area contributed by atoms with Gasteiger partial charge in [0, 0.05) is 6.42 Å². The van der Waals surface area contributed by atoms with Crippen molar-refractivity contribution >= 4 is 23.5 Å². The summed E-state index contributed by atoms with van der Waals surface area (Å²) in [5.41, 5.74) is 7.48. The predicted molar refractivity (Wildman–Crippen MR) is 102 cm³/mol. The Morgan fingerprint density at radius 2 is 2.03 bits per heavy atom. The lowest BCUT2D eigenvalue weighted by atomic mass is 10.1. The van der Waals surface area contributed by atoms with E-state index in [2.05, 4.69) is 10.1 Å². The van der Waals surface area contributed by atoms with Crippen LogP contribution in [0.1, 0.15) is 56.7 Å². The number of nitrogen functional groups attached to an aromatic ring is 1. The molecule has 3 N–H and O–H groups in total. The SMILES string of the molecule is Nc1ncnn2c([C@H]3CC[C@@H](COC(=O)OCCCCCCC(=O)O)O3)ccc12. The molecule has 0 aromatic carbocycles. The average molecular weight is 406 g/mol. The smallest absolute Gasteiger partial charge is 0.481 e. The second-order valence-electron chi connectivity index (χ2n) is 6.99. The van der Waals surface area contributed by atoms with Crippen molar-refractivity contribution in [3.05, 3.63) is 24.2 Å². The lowest BCUT2D eigenvalue weighted by Gasteiger charge is -2.14. The summed E-state index contributed by atoms with van der Waals surface area (Å²) in [4.78, 5) is 26.1. The van der Waals surface area contributed by atoms with Crippen LogP contribution in [0.15, 0.2) is 18.5 Å². The Kier molecular flexibility index (Phi) is 7.23. The van der Waals surface area contributed by atoms with E-state index in [0.717, 1.165) is 36.9 Å². The largest absolute Gasteiger partial charge is 0.508 e. The standard InChI is InChI=1S/C19H26N4O6/c20-18-15-8-7-14(23(15)22-12-21-18)16-9-6-13(29-16)11-28-19(26)27-10-4-2-1-3-5-17(24)25/h7-8,12-13,16H,1-6,9-11H2,(H,24,25)(H2,20,21,22)/t13-,16+/m0/s1. The molecule has 1 aliphatic rings. The summed E-state index contributed by atoms with van der Waals surface area (Å²) in [6.07, 6.45) is 4.99. The Labute approximate surface area is 167 Å². The van der Waals surface area contributed by atoms with Crippen LogP contribution in [0, 0.1) is 0 Å². The molecule has 0 spiro atoms. The fraction of sp³-hybridized carbons (Fsp3) is 0.579. The molecule has 3 heterocycles. The zero-order valence-electron chi connectivity index (χ0n) is 16.2. The minimum absolute atomic E-state index is 0.133. The van der Waals surface area contributed by atoms with Gasteiger partial charge in [-0.1, -0.05) is 12.8 Å². The normalized spacial score (nSPS) is 18.8. The van der Waals surface area contributed by atoms with Crippen molar-refractivity contribution in [2.24, 2.45) is 0 Å². The number of aromatic nitrogens is 3. The first kappa shape index (κ1) is 20.8. The molecule has 0 bridgehead atoms. The molecule has 10 nitrogen and oxygen atoms in total. The Morgan fingerprint density at radius 3 is 2.86 bits per heavy atom. The van der Waals surface area contributed by atoms with Crippen LogP contribution >= 0.6 is 0 Å². The van der Waals surface area contributed by atoms with Gasteiger partial charge in [0.2, 0.25) is 0 Å².